The highest BCUT2D eigenvalue weighted by molar-refractivity contribution is 5.85. The van der Waals surface area contributed by atoms with Gasteiger partial charge in [-0.25, -0.2) is 0 Å². The van der Waals surface area contributed by atoms with E-state index in [1.807, 2.05) is 35.1 Å². The molecule has 4 rings (SSSR count). The molecule has 0 radical (unpaired) electrons. The Labute approximate surface area is 160 Å². The van der Waals surface area contributed by atoms with Crippen molar-refractivity contribution in [1.29, 1.82) is 0 Å². The summed E-state index contributed by atoms with van der Waals surface area (Å²) >= 11 is 0. The Morgan fingerprint density at radius 3 is 2.59 bits per heavy atom. The molecule has 1 aromatic carbocycles. The summed E-state index contributed by atoms with van der Waals surface area (Å²) in [6.07, 6.45) is 5.63. The van der Waals surface area contributed by atoms with E-state index in [-0.39, 0.29) is 16.9 Å². The molecule has 1 aliphatic carbocycles. The summed E-state index contributed by atoms with van der Waals surface area (Å²) in [5, 5.41) is 4.29. The number of hydrogen-bond acceptors (Lipinski definition) is 4. The number of benzene rings is 1. The average Bonchev–Trinajstić information content (AvgIpc) is 3.25. The molecule has 6 heteroatoms. The van der Waals surface area contributed by atoms with Gasteiger partial charge < -0.3 is 14.5 Å². The first-order valence-corrected chi connectivity index (χ1v) is 9.63. The average molecular weight is 368 g/mol. The molecule has 1 amide bonds. The second-order valence-electron chi connectivity index (χ2n) is 8.35. The van der Waals surface area contributed by atoms with E-state index in [0.717, 1.165) is 37.4 Å². The lowest BCUT2D eigenvalue weighted by Gasteiger charge is -2.49. The number of amides is 1. The van der Waals surface area contributed by atoms with Crippen LogP contribution in [0.2, 0.25) is 0 Å². The predicted molar refractivity (Wildman–Crippen MR) is 105 cm³/mol. The van der Waals surface area contributed by atoms with Gasteiger partial charge in [-0.05, 0) is 44.9 Å². The fourth-order valence-corrected chi connectivity index (χ4v) is 4.26. The first-order chi connectivity index (χ1) is 13.0. The summed E-state index contributed by atoms with van der Waals surface area (Å²) in [4.78, 5) is 17.7. The van der Waals surface area contributed by atoms with Gasteiger partial charge in [0.1, 0.15) is 5.75 Å². The number of rotatable bonds is 5. The Bertz CT molecular complexity index is 811. The zero-order valence-corrected chi connectivity index (χ0v) is 16.4. The topological polar surface area (TPSA) is 50.6 Å². The highest BCUT2D eigenvalue weighted by Crippen LogP contribution is 2.49. The fourth-order valence-electron chi connectivity index (χ4n) is 4.26. The molecule has 1 saturated carbocycles. The lowest BCUT2D eigenvalue weighted by atomic mass is 9.95. The molecule has 2 aliphatic rings. The summed E-state index contributed by atoms with van der Waals surface area (Å²) in [5.74, 6) is 1.16. The van der Waals surface area contributed by atoms with Gasteiger partial charge in [0.15, 0.2) is 0 Å². The van der Waals surface area contributed by atoms with Crippen LogP contribution in [0.25, 0.3) is 0 Å². The second-order valence-corrected chi connectivity index (χ2v) is 8.35. The van der Waals surface area contributed by atoms with Crippen LogP contribution >= 0.6 is 0 Å². The van der Waals surface area contributed by atoms with Gasteiger partial charge in [0.25, 0.3) is 0 Å². The molecular weight excluding hydrogens is 340 g/mol. The van der Waals surface area contributed by atoms with E-state index >= 15 is 0 Å². The Morgan fingerprint density at radius 2 is 1.96 bits per heavy atom. The van der Waals surface area contributed by atoms with Crippen molar-refractivity contribution in [3.8, 4) is 5.75 Å². The van der Waals surface area contributed by atoms with Crippen molar-refractivity contribution in [3.05, 3.63) is 42.7 Å². The molecule has 0 N–H and O–H groups in total. The molecule has 0 spiro atoms. The maximum Gasteiger partial charge on any atom is 0.230 e. The SMILES string of the molecule is COc1ccccc1N1CCN(C(=O)C2(Cn3cccn3)CC2)CC1(C)C. The van der Waals surface area contributed by atoms with Gasteiger partial charge in [0, 0.05) is 32.0 Å². The van der Waals surface area contributed by atoms with E-state index in [1.165, 1.54) is 0 Å². The molecule has 2 fully saturated rings. The Balaban J connectivity index is 1.50. The van der Waals surface area contributed by atoms with Gasteiger partial charge >= 0.3 is 0 Å². The number of para-hydroxylation sites is 2. The van der Waals surface area contributed by atoms with E-state index in [2.05, 4.69) is 34.8 Å². The Kier molecular flexibility index (Phi) is 4.36. The maximum atomic E-state index is 13.3. The van der Waals surface area contributed by atoms with Gasteiger partial charge in [0.05, 0.1) is 30.3 Å². The Morgan fingerprint density at radius 1 is 1.19 bits per heavy atom. The number of nitrogens with zero attached hydrogens (tertiary/aromatic N) is 4. The fraction of sp³-hybridized carbons (Fsp3) is 0.524. The minimum Gasteiger partial charge on any atom is -0.495 e. The molecule has 2 aromatic rings. The number of methoxy groups -OCH3 is 1. The molecular formula is C21H28N4O2. The third-order valence-corrected chi connectivity index (χ3v) is 5.90. The molecule has 144 valence electrons. The molecule has 0 bridgehead atoms. The number of hydrogen-bond donors (Lipinski definition) is 0. The summed E-state index contributed by atoms with van der Waals surface area (Å²) in [5.41, 5.74) is 0.675. The van der Waals surface area contributed by atoms with Gasteiger partial charge in [-0.1, -0.05) is 12.1 Å². The van der Waals surface area contributed by atoms with Gasteiger partial charge in [-0.15, -0.1) is 0 Å². The van der Waals surface area contributed by atoms with Crippen LogP contribution in [0.1, 0.15) is 26.7 Å². The van der Waals surface area contributed by atoms with E-state index in [1.54, 1.807) is 13.3 Å². The third kappa shape index (κ3) is 3.29. The zero-order valence-electron chi connectivity index (χ0n) is 16.4. The first-order valence-electron chi connectivity index (χ1n) is 9.63. The van der Waals surface area contributed by atoms with E-state index in [9.17, 15) is 4.79 Å². The molecule has 1 saturated heterocycles. The minimum absolute atomic E-state index is 0.162. The number of ether oxygens (including phenoxy) is 1. The standard InChI is InChI=1S/C21H28N4O2/c1-20(2)15-23(13-14-25(20)17-7-4-5-8-18(17)27-3)19(26)21(9-10-21)16-24-12-6-11-22-24/h4-8,11-12H,9-10,13-16H2,1-3H3. The van der Waals surface area contributed by atoms with Crippen molar-refractivity contribution in [3.63, 3.8) is 0 Å². The van der Waals surface area contributed by atoms with Gasteiger partial charge in [-0.2, -0.15) is 5.10 Å². The zero-order chi connectivity index (χ0) is 19.1. The van der Waals surface area contributed by atoms with Crippen molar-refractivity contribution >= 4 is 11.6 Å². The number of anilines is 1. The van der Waals surface area contributed by atoms with E-state index in [4.69, 9.17) is 4.74 Å². The van der Waals surface area contributed by atoms with Crippen molar-refractivity contribution in [2.24, 2.45) is 5.41 Å². The number of aromatic nitrogens is 2. The molecule has 1 aromatic heterocycles. The predicted octanol–water partition coefficient (Wildman–Crippen LogP) is 2.80. The third-order valence-electron chi connectivity index (χ3n) is 5.90. The molecule has 6 nitrogen and oxygen atoms in total. The summed E-state index contributed by atoms with van der Waals surface area (Å²) in [6, 6.07) is 10.0. The lowest BCUT2D eigenvalue weighted by Crippen LogP contribution is -2.61. The van der Waals surface area contributed by atoms with Crippen LogP contribution in [0, 0.1) is 5.41 Å². The molecule has 1 aliphatic heterocycles. The monoisotopic (exact) mass is 368 g/mol. The number of piperazine rings is 1. The summed E-state index contributed by atoms with van der Waals surface area (Å²) < 4.78 is 7.45. The van der Waals surface area contributed by atoms with E-state index in [0.29, 0.717) is 13.1 Å². The lowest BCUT2D eigenvalue weighted by molar-refractivity contribution is -0.139. The van der Waals surface area contributed by atoms with Gasteiger partial charge in [-0.3, -0.25) is 9.48 Å². The van der Waals surface area contributed by atoms with Crippen LogP contribution in [-0.4, -0.2) is 52.9 Å². The van der Waals surface area contributed by atoms with Crippen molar-refractivity contribution < 1.29 is 9.53 Å². The summed E-state index contributed by atoms with van der Waals surface area (Å²) in [7, 11) is 1.71. The molecule has 2 heterocycles. The van der Waals surface area contributed by atoms with Crippen LogP contribution in [-0.2, 0) is 11.3 Å². The van der Waals surface area contributed by atoms with Crippen LogP contribution in [0.4, 0.5) is 5.69 Å². The molecule has 0 atom stereocenters. The van der Waals surface area contributed by atoms with Crippen molar-refractivity contribution in [2.45, 2.75) is 38.8 Å². The number of carbonyl (C=O) groups excluding carboxylic acids is 1. The Hall–Kier alpha value is -2.50. The maximum absolute atomic E-state index is 13.3. The normalized spacial score (nSPS) is 20.4. The quantitative estimate of drug-likeness (QED) is 0.814. The van der Waals surface area contributed by atoms with Crippen LogP contribution in [0.15, 0.2) is 42.7 Å². The minimum atomic E-state index is -0.255. The smallest absolute Gasteiger partial charge is 0.230 e. The van der Waals surface area contributed by atoms with Crippen molar-refractivity contribution in [1.82, 2.24) is 14.7 Å². The van der Waals surface area contributed by atoms with Crippen LogP contribution < -0.4 is 9.64 Å². The summed E-state index contributed by atoms with van der Waals surface area (Å²) in [6.45, 7) is 7.34. The van der Waals surface area contributed by atoms with Gasteiger partial charge in [0.2, 0.25) is 5.91 Å². The molecule has 0 unspecified atom stereocenters. The number of carbonyl (C=O) groups is 1. The second kappa shape index (κ2) is 6.59. The highest BCUT2D eigenvalue weighted by atomic mass is 16.5. The molecule has 27 heavy (non-hydrogen) atoms. The van der Waals surface area contributed by atoms with Crippen LogP contribution in [0.3, 0.4) is 0 Å². The van der Waals surface area contributed by atoms with E-state index < -0.39 is 0 Å². The van der Waals surface area contributed by atoms with Crippen molar-refractivity contribution in [2.75, 3.05) is 31.6 Å². The van der Waals surface area contributed by atoms with Crippen LogP contribution in [0.5, 0.6) is 5.75 Å². The largest absolute Gasteiger partial charge is 0.495 e. The first kappa shape index (κ1) is 17.9. The highest BCUT2D eigenvalue weighted by Gasteiger charge is 2.53.